The summed E-state index contributed by atoms with van der Waals surface area (Å²) in [5, 5.41) is 15.0. The average molecular weight is 498 g/mol. The molecule has 2 atom stereocenters. The molecule has 1 aromatic carbocycles. The standard InChI is InChI=1S/C27H32FN3O5/c1-17(2)36-30-18(3)22-12-19(13-24(32)23-14-21(28)8-9-25(23)35-4)7-10-26(33)31(27(22)34)16-20-6-5-11-29-15-20/h5-6,8-9,11-12,14-15,17,19,24,32H,7,10,13,16H2,1-4H3/b22-12-,30-18+. The quantitative estimate of drug-likeness (QED) is 0.314. The van der Waals surface area contributed by atoms with Crippen LogP contribution in [0.5, 0.6) is 5.75 Å². The van der Waals surface area contributed by atoms with Crippen molar-refractivity contribution < 1.29 is 28.7 Å². The van der Waals surface area contributed by atoms with Crippen LogP contribution >= 0.6 is 0 Å². The highest BCUT2D eigenvalue weighted by atomic mass is 19.1. The summed E-state index contributed by atoms with van der Waals surface area (Å²) in [7, 11) is 1.44. The number of nitrogens with zero attached hydrogens (tertiary/aromatic N) is 3. The Kier molecular flexibility index (Phi) is 9.30. The highest BCUT2D eigenvalue weighted by Crippen LogP contribution is 2.33. The van der Waals surface area contributed by atoms with Crippen LogP contribution in [0.25, 0.3) is 0 Å². The normalized spacial score (nSPS) is 19.4. The molecule has 3 rings (SSSR count). The van der Waals surface area contributed by atoms with Crippen molar-refractivity contribution in [2.45, 2.75) is 58.8 Å². The number of oxime groups is 1. The van der Waals surface area contributed by atoms with Crippen LogP contribution in [-0.2, 0) is 21.0 Å². The minimum Gasteiger partial charge on any atom is -0.496 e. The van der Waals surface area contributed by atoms with Crippen molar-refractivity contribution in [2.75, 3.05) is 7.11 Å². The Morgan fingerprint density at radius 2 is 2.08 bits per heavy atom. The van der Waals surface area contributed by atoms with Crippen molar-refractivity contribution in [3.8, 4) is 5.75 Å². The number of methoxy groups -OCH3 is 1. The van der Waals surface area contributed by atoms with E-state index in [0.717, 1.165) is 5.56 Å². The van der Waals surface area contributed by atoms with Crippen LogP contribution in [0.4, 0.5) is 4.39 Å². The Bertz CT molecular complexity index is 1130. The predicted molar refractivity (Wildman–Crippen MR) is 132 cm³/mol. The molecule has 1 N–H and O–H groups in total. The van der Waals surface area contributed by atoms with E-state index in [4.69, 9.17) is 9.57 Å². The molecule has 2 amide bonds. The lowest BCUT2D eigenvalue weighted by Gasteiger charge is -2.27. The Hall–Kier alpha value is -3.59. The lowest BCUT2D eigenvalue weighted by molar-refractivity contribution is -0.143. The van der Waals surface area contributed by atoms with Gasteiger partial charge >= 0.3 is 0 Å². The summed E-state index contributed by atoms with van der Waals surface area (Å²) in [5.74, 6) is -1.34. The second-order valence-corrected chi connectivity index (χ2v) is 8.99. The maximum absolute atomic E-state index is 13.9. The Morgan fingerprint density at radius 3 is 2.75 bits per heavy atom. The zero-order valence-corrected chi connectivity index (χ0v) is 21.0. The van der Waals surface area contributed by atoms with E-state index >= 15 is 0 Å². The van der Waals surface area contributed by atoms with Crippen molar-refractivity contribution in [1.29, 1.82) is 0 Å². The number of aliphatic hydroxyl groups is 1. The molecular formula is C27H32FN3O5. The van der Waals surface area contributed by atoms with E-state index < -0.39 is 17.8 Å². The second-order valence-electron chi connectivity index (χ2n) is 8.99. The van der Waals surface area contributed by atoms with Gasteiger partial charge in [0, 0.05) is 24.4 Å². The number of carbonyl (C=O) groups is 2. The molecule has 0 radical (unpaired) electrons. The number of benzene rings is 1. The Balaban J connectivity index is 1.95. The summed E-state index contributed by atoms with van der Waals surface area (Å²) in [6.07, 6.45) is 4.33. The third kappa shape index (κ3) is 6.97. The highest BCUT2D eigenvalue weighted by Gasteiger charge is 2.31. The third-order valence-corrected chi connectivity index (χ3v) is 5.84. The SMILES string of the molecule is COc1ccc(F)cc1C(O)CC1/C=C(/C(C)=N/OC(C)C)C(=O)N(Cc2cccnc2)C(=O)CC1. The Morgan fingerprint density at radius 1 is 1.31 bits per heavy atom. The van der Waals surface area contributed by atoms with Crippen molar-refractivity contribution in [1.82, 2.24) is 9.88 Å². The van der Waals surface area contributed by atoms with Gasteiger partial charge in [0.25, 0.3) is 5.91 Å². The van der Waals surface area contributed by atoms with E-state index in [0.29, 0.717) is 23.4 Å². The van der Waals surface area contributed by atoms with E-state index in [9.17, 15) is 19.1 Å². The molecule has 2 aromatic rings. The number of rotatable bonds is 9. The molecule has 1 aliphatic rings. The van der Waals surface area contributed by atoms with Crippen LogP contribution in [0.3, 0.4) is 0 Å². The van der Waals surface area contributed by atoms with Gasteiger partial charge in [-0.2, -0.15) is 0 Å². The molecule has 0 fully saturated rings. The summed E-state index contributed by atoms with van der Waals surface area (Å²) in [6.45, 7) is 5.35. The number of aliphatic hydroxyl groups excluding tert-OH is 1. The van der Waals surface area contributed by atoms with Gasteiger partial charge in [-0.05, 0) is 69.4 Å². The maximum atomic E-state index is 13.9. The first-order chi connectivity index (χ1) is 17.2. The summed E-state index contributed by atoms with van der Waals surface area (Å²) in [4.78, 5) is 37.3. The molecule has 0 aliphatic carbocycles. The maximum Gasteiger partial charge on any atom is 0.262 e. The number of imide groups is 1. The molecule has 8 nitrogen and oxygen atoms in total. The predicted octanol–water partition coefficient (Wildman–Crippen LogP) is 4.35. The monoisotopic (exact) mass is 497 g/mol. The largest absolute Gasteiger partial charge is 0.496 e. The third-order valence-electron chi connectivity index (χ3n) is 5.84. The highest BCUT2D eigenvalue weighted by molar-refractivity contribution is 6.23. The molecule has 36 heavy (non-hydrogen) atoms. The Labute approximate surface area is 210 Å². The molecule has 2 unspecified atom stereocenters. The summed E-state index contributed by atoms with van der Waals surface area (Å²) >= 11 is 0. The fourth-order valence-corrected chi connectivity index (χ4v) is 4.00. The lowest BCUT2D eigenvalue weighted by Crippen LogP contribution is -2.40. The average Bonchev–Trinajstić information content (AvgIpc) is 2.86. The number of amides is 2. The summed E-state index contributed by atoms with van der Waals surface area (Å²) in [5.41, 5.74) is 1.56. The van der Waals surface area contributed by atoms with Crippen molar-refractivity contribution in [3.05, 3.63) is 71.3 Å². The lowest BCUT2D eigenvalue weighted by atomic mass is 9.88. The first-order valence-electron chi connectivity index (χ1n) is 11.9. The minimum absolute atomic E-state index is 0.0783. The van der Waals surface area contributed by atoms with Crippen LogP contribution in [0.1, 0.15) is 57.3 Å². The fourth-order valence-electron chi connectivity index (χ4n) is 4.00. The van der Waals surface area contributed by atoms with Gasteiger partial charge in [-0.15, -0.1) is 0 Å². The van der Waals surface area contributed by atoms with Crippen molar-refractivity contribution in [2.24, 2.45) is 11.1 Å². The molecule has 1 aliphatic heterocycles. The van der Waals surface area contributed by atoms with Gasteiger partial charge < -0.3 is 14.7 Å². The molecule has 0 spiro atoms. The van der Waals surface area contributed by atoms with E-state index in [1.54, 1.807) is 37.5 Å². The smallest absolute Gasteiger partial charge is 0.262 e. The molecule has 2 heterocycles. The molecular weight excluding hydrogens is 465 g/mol. The number of allylic oxidation sites excluding steroid dienone is 1. The number of carbonyl (C=O) groups excluding carboxylic acids is 2. The van der Waals surface area contributed by atoms with Crippen molar-refractivity contribution in [3.63, 3.8) is 0 Å². The molecule has 9 heteroatoms. The van der Waals surface area contributed by atoms with Gasteiger partial charge in [-0.25, -0.2) is 4.39 Å². The molecule has 0 bridgehead atoms. The van der Waals surface area contributed by atoms with E-state index in [1.807, 2.05) is 13.8 Å². The van der Waals surface area contributed by atoms with Crippen molar-refractivity contribution >= 4 is 17.5 Å². The second kappa shape index (κ2) is 12.4. The summed E-state index contributed by atoms with van der Waals surface area (Å²) in [6, 6.07) is 7.48. The van der Waals surface area contributed by atoms with Crippen LogP contribution < -0.4 is 4.74 Å². The van der Waals surface area contributed by atoms with Gasteiger partial charge in [0.2, 0.25) is 5.91 Å². The van der Waals surface area contributed by atoms with Crippen LogP contribution in [0, 0.1) is 11.7 Å². The number of ether oxygens (including phenoxy) is 1. The summed E-state index contributed by atoms with van der Waals surface area (Å²) < 4.78 is 19.2. The zero-order chi connectivity index (χ0) is 26.2. The molecule has 192 valence electrons. The fraction of sp³-hybridized carbons (Fsp3) is 0.407. The van der Waals surface area contributed by atoms with Gasteiger partial charge in [-0.3, -0.25) is 19.5 Å². The first kappa shape index (κ1) is 27.0. The van der Waals surface area contributed by atoms with Gasteiger partial charge in [0.1, 0.15) is 17.7 Å². The van der Waals surface area contributed by atoms with Gasteiger partial charge in [0.05, 0.1) is 31.0 Å². The molecule has 1 aromatic heterocycles. The van der Waals surface area contributed by atoms with Crippen LogP contribution in [0.15, 0.2) is 59.5 Å². The number of hydrogen-bond acceptors (Lipinski definition) is 7. The number of halogens is 1. The van der Waals surface area contributed by atoms with E-state index in [1.165, 1.54) is 30.2 Å². The van der Waals surface area contributed by atoms with Crippen LogP contribution in [-0.4, -0.2) is 45.7 Å². The van der Waals surface area contributed by atoms with Gasteiger partial charge in [0.15, 0.2) is 0 Å². The topological polar surface area (TPSA) is 101 Å². The number of hydrogen-bond donors (Lipinski definition) is 1. The van der Waals surface area contributed by atoms with Crippen LogP contribution in [0.2, 0.25) is 0 Å². The van der Waals surface area contributed by atoms with E-state index in [-0.39, 0.29) is 42.9 Å². The number of aromatic nitrogens is 1. The van der Waals surface area contributed by atoms with E-state index in [2.05, 4.69) is 10.1 Å². The minimum atomic E-state index is -1.07. The van der Waals surface area contributed by atoms with Gasteiger partial charge in [-0.1, -0.05) is 17.3 Å². The molecule has 0 saturated heterocycles. The number of pyridine rings is 1. The first-order valence-corrected chi connectivity index (χ1v) is 11.9. The zero-order valence-electron chi connectivity index (χ0n) is 21.0. The molecule has 0 saturated carbocycles.